The molecule has 0 amide bonds. The van der Waals surface area contributed by atoms with E-state index in [2.05, 4.69) is 57.9 Å². The average molecular weight is 1130 g/mol. The Balaban J connectivity index is 0.000000104. The Morgan fingerprint density at radius 2 is 0.867 bits per heavy atom. The molecule has 444 valence electrons. The van der Waals surface area contributed by atoms with Gasteiger partial charge in [0.25, 0.3) is 0 Å². The Morgan fingerprint density at radius 1 is 0.446 bits per heavy atom. The van der Waals surface area contributed by atoms with Gasteiger partial charge in [-0.05, 0) is 316 Å². The zero-order valence-corrected chi connectivity index (χ0v) is 49.9. The first-order valence-electron chi connectivity index (χ1n) is 32.7. The van der Waals surface area contributed by atoms with Gasteiger partial charge in [-0.25, -0.2) is 0 Å². The summed E-state index contributed by atoms with van der Waals surface area (Å²) in [7, 11) is 0. The topological polar surface area (TPSA) is 179 Å². The third-order valence-electron chi connectivity index (χ3n) is 26.9. The van der Waals surface area contributed by atoms with Gasteiger partial charge < -0.3 is 40.9 Å². The number of aromatic hydroxyl groups is 4. The number of hydrogen-bond acceptors (Lipinski definition) is 9. The summed E-state index contributed by atoms with van der Waals surface area (Å²) in [6, 6.07) is 23.5. The van der Waals surface area contributed by atoms with Crippen LogP contribution in [0.25, 0.3) is 0 Å². The third-order valence-corrected chi connectivity index (χ3v) is 26.9. The first kappa shape index (κ1) is 57.2. The number of aliphatic hydroxyl groups excluding tert-OH is 3. The number of Topliss-reactive ketones (excluding diaryl/α,β-unsaturated/α-hetero) is 1. The Kier molecular flexibility index (Phi) is 14.6. The molecular formula is C74H94O9. The van der Waals surface area contributed by atoms with Crippen LogP contribution >= 0.6 is 0 Å². The van der Waals surface area contributed by atoms with Crippen LogP contribution in [0, 0.1) is 81.3 Å². The van der Waals surface area contributed by atoms with Crippen molar-refractivity contribution in [3.05, 3.63) is 117 Å². The summed E-state index contributed by atoms with van der Waals surface area (Å²) in [4.78, 5) is 12.3. The predicted molar refractivity (Wildman–Crippen MR) is 323 cm³/mol. The Bertz CT molecular complexity index is 3180. The molecular weight excluding hydrogens is 1030 g/mol. The summed E-state index contributed by atoms with van der Waals surface area (Å²) in [5.74, 6) is 12.0. The number of aryl methyl sites for hydroxylation is 4. The number of phenolic OH excluding ortho intramolecular Hbond substituents is 4. The maximum Gasteiger partial charge on any atom is 0.139 e. The lowest BCUT2D eigenvalue weighted by Gasteiger charge is -2.52. The zero-order chi connectivity index (χ0) is 58.1. The molecule has 9 heteroatoms. The minimum atomic E-state index is -0.919. The van der Waals surface area contributed by atoms with Crippen molar-refractivity contribution in [3.63, 3.8) is 0 Å². The summed E-state index contributed by atoms with van der Waals surface area (Å²) in [6.45, 7) is 8.92. The fourth-order valence-corrected chi connectivity index (χ4v) is 22.3. The van der Waals surface area contributed by atoms with Gasteiger partial charge in [0.2, 0.25) is 0 Å². The Hall–Kier alpha value is -4.85. The van der Waals surface area contributed by atoms with Crippen molar-refractivity contribution in [3.8, 4) is 35.3 Å². The molecule has 0 heterocycles. The van der Waals surface area contributed by atoms with Gasteiger partial charge in [-0.2, -0.15) is 0 Å². The van der Waals surface area contributed by atoms with E-state index in [1.807, 2.05) is 42.5 Å². The lowest BCUT2D eigenvalue weighted by molar-refractivity contribution is -0.129. The van der Waals surface area contributed by atoms with Crippen molar-refractivity contribution in [2.24, 2.45) is 69.0 Å². The molecule has 12 aliphatic carbocycles. The summed E-state index contributed by atoms with van der Waals surface area (Å²) >= 11 is 0. The van der Waals surface area contributed by atoms with Crippen molar-refractivity contribution in [2.75, 3.05) is 0 Å². The molecule has 12 aliphatic rings. The van der Waals surface area contributed by atoms with Gasteiger partial charge in [-0.15, -0.1) is 6.42 Å². The SMILES string of the molecule is C#C[C@]1(O)CC[C@H]2C3CCc4cc(O)ccc4[C@H]3CC[C@@]21C.C[C@]12CC[C@@H]3c4ccc(O)cc4CCC3[C@@H]1CCC2=O.C[C@]12CC[C@@H]3c4ccc(O)cc4CCC3[C@@H]1CC[C@@H]2O.C[C@]12CC[C@@H]3c4ccc(O)cc4CCC3[C@@H]1C[C@@H](O)[C@@H]2O. The monoisotopic (exact) mass is 1130 g/mol. The second-order valence-corrected chi connectivity index (χ2v) is 30.0. The largest absolute Gasteiger partial charge is 0.508 e. The van der Waals surface area contributed by atoms with Crippen molar-refractivity contribution in [1.82, 2.24) is 0 Å². The highest BCUT2D eigenvalue weighted by atomic mass is 16.3. The number of aliphatic hydroxyl groups is 4. The normalized spacial score (nSPS) is 42.4. The minimum Gasteiger partial charge on any atom is -0.508 e. The van der Waals surface area contributed by atoms with Crippen molar-refractivity contribution >= 4 is 5.78 Å². The first-order chi connectivity index (χ1) is 39.7. The van der Waals surface area contributed by atoms with Gasteiger partial charge in [0.15, 0.2) is 0 Å². The molecule has 8 N–H and O–H groups in total. The zero-order valence-electron chi connectivity index (χ0n) is 49.9. The van der Waals surface area contributed by atoms with Crippen LogP contribution in [-0.2, 0) is 30.5 Å². The Morgan fingerprint density at radius 3 is 1.35 bits per heavy atom. The molecule has 83 heavy (non-hydrogen) atoms. The van der Waals surface area contributed by atoms with Crippen LogP contribution in [0.4, 0.5) is 0 Å². The highest BCUT2D eigenvalue weighted by Gasteiger charge is 2.62. The molecule has 0 bridgehead atoms. The van der Waals surface area contributed by atoms with Crippen LogP contribution < -0.4 is 0 Å². The second-order valence-electron chi connectivity index (χ2n) is 30.0. The number of hydrogen-bond donors (Lipinski definition) is 8. The maximum absolute atomic E-state index is 12.3. The maximum atomic E-state index is 12.3. The lowest BCUT2D eigenvalue weighted by atomic mass is 9.53. The molecule has 0 aliphatic heterocycles. The molecule has 0 radical (unpaired) electrons. The van der Waals surface area contributed by atoms with E-state index in [0.29, 0.717) is 93.9 Å². The number of carbonyl (C=O) groups is 1. The molecule has 8 fully saturated rings. The summed E-state index contributed by atoms with van der Waals surface area (Å²) < 4.78 is 0. The summed E-state index contributed by atoms with van der Waals surface area (Å²) in [5, 5.41) is 80.5. The van der Waals surface area contributed by atoms with Crippen LogP contribution in [0.1, 0.15) is 218 Å². The number of ketones is 1. The molecule has 16 rings (SSSR count). The smallest absolute Gasteiger partial charge is 0.139 e. The van der Waals surface area contributed by atoms with E-state index >= 15 is 0 Å². The highest BCUT2D eigenvalue weighted by Crippen LogP contribution is 2.66. The molecule has 0 spiro atoms. The fourth-order valence-electron chi connectivity index (χ4n) is 22.3. The molecule has 8 saturated carbocycles. The average Bonchev–Trinajstić information content (AvgIpc) is 4.35. The van der Waals surface area contributed by atoms with Gasteiger partial charge in [-0.1, -0.05) is 57.9 Å². The number of rotatable bonds is 0. The molecule has 4 aromatic carbocycles. The number of carbonyl (C=O) groups excluding carboxylic acids is 1. The third kappa shape index (κ3) is 9.24. The molecule has 4 unspecified atom stereocenters. The number of terminal acetylenes is 1. The van der Waals surface area contributed by atoms with Crippen molar-refractivity contribution < 1.29 is 45.6 Å². The predicted octanol–water partition coefficient (Wildman–Crippen LogP) is 13.6. The first-order valence-corrected chi connectivity index (χ1v) is 32.7. The van der Waals surface area contributed by atoms with Crippen molar-refractivity contribution in [2.45, 2.75) is 223 Å². The van der Waals surface area contributed by atoms with E-state index in [1.165, 1.54) is 70.2 Å². The standard InChI is InChI=1S/C20H24O2.C18H24O3.C18H24O2.C18H22O2/c1-3-20(22)11-9-18-17-6-4-13-12-14(21)5-7-15(13)16(17)8-10-19(18,20)2;1-18-7-6-13-12-5-3-11(19)8-10(12)2-4-14(13)15(18)9-16(20)17(18)21;2*1-18-9-8-14-13-5-3-12(19)10-11(13)2-4-15(14)16(18)6-7-17(18)20/h1,5,7,12,16-18,21-22H,4,6,8-11H2,2H3;3,5,8,13-17,19-21H,2,4,6-7,9H2,1H3;3,5,10,14-17,19-20H,2,4,6-9H2,1H3;3,5,10,14-16,19H,2,4,6-9H2,1H3/t16-,17?,18+,19+,20+;13-,14?,15+,16-,17+,18+;14-,15?,16+,17+,18+;14-,15?,16+,18+/m1111/s1. The van der Waals surface area contributed by atoms with Gasteiger partial charge in [0.05, 0.1) is 18.3 Å². The van der Waals surface area contributed by atoms with Crippen molar-refractivity contribution in [1.29, 1.82) is 0 Å². The van der Waals surface area contributed by atoms with E-state index in [4.69, 9.17) is 6.42 Å². The van der Waals surface area contributed by atoms with Gasteiger partial charge in [-0.3, -0.25) is 4.79 Å². The van der Waals surface area contributed by atoms with Crippen LogP contribution in [0.5, 0.6) is 23.0 Å². The number of fused-ring (bicyclic) bond motifs is 20. The van der Waals surface area contributed by atoms with Crippen LogP contribution in [-0.4, -0.2) is 70.5 Å². The molecule has 20 atom stereocenters. The van der Waals surface area contributed by atoms with Gasteiger partial charge in [0, 0.05) is 17.3 Å². The van der Waals surface area contributed by atoms with Crippen LogP contribution in [0.2, 0.25) is 0 Å². The minimum absolute atomic E-state index is 0.0322. The van der Waals surface area contributed by atoms with Gasteiger partial charge >= 0.3 is 0 Å². The van der Waals surface area contributed by atoms with Gasteiger partial charge in [0.1, 0.15) is 34.4 Å². The summed E-state index contributed by atoms with van der Waals surface area (Å²) in [6.07, 6.45) is 28.7. The highest BCUT2D eigenvalue weighted by molar-refractivity contribution is 5.87. The lowest BCUT2D eigenvalue weighted by Crippen LogP contribution is -2.50. The van der Waals surface area contributed by atoms with E-state index in [0.717, 1.165) is 128 Å². The summed E-state index contributed by atoms with van der Waals surface area (Å²) in [5.41, 5.74) is 9.99. The number of benzene rings is 4. The van der Waals surface area contributed by atoms with E-state index in [1.54, 1.807) is 6.07 Å². The van der Waals surface area contributed by atoms with E-state index < -0.39 is 17.8 Å². The van der Waals surface area contributed by atoms with E-state index in [9.17, 15) is 45.6 Å². The molecule has 0 aromatic heterocycles. The molecule has 9 nitrogen and oxygen atoms in total. The molecule has 4 aromatic rings. The Labute approximate surface area is 493 Å². The fraction of sp³-hybridized carbons (Fsp3) is 0.635. The second kappa shape index (κ2) is 21.2. The quantitative estimate of drug-likeness (QED) is 0.0796. The van der Waals surface area contributed by atoms with E-state index in [-0.39, 0.29) is 27.8 Å². The number of phenols is 4. The molecule has 0 saturated heterocycles. The van der Waals surface area contributed by atoms with Crippen LogP contribution in [0.3, 0.4) is 0 Å². The van der Waals surface area contributed by atoms with Crippen LogP contribution in [0.15, 0.2) is 72.8 Å².